The van der Waals surface area contributed by atoms with E-state index in [1.807, 2.05) is 12.1 Å². The largest absolute Gasteiger partial charge is 0.478 e. The maximum absolute atomic E-state index is 11.3. The highest BCUT2D eigenvalue weighted by Crippen LogP contribution is 2.28. The molecule has 0 amide bonds. The van der Waals surface area contributed by atoms with Crippen LogP contribution in [0.3, 0.4) is 0 Å². The van der Waals surface area contributed by atoms with E-state index in [4.69, 9.17) is 36.4 Å². The van der Waals surface area contributed by atoms with Gasteiger partial charge in [-0.2, -0.15) is 0 Å². The summed E-state index contributed by atoms with van der Waals surface area (Å²) in [7, 11) is -4.11. The van der Waals surface area contributed by atoms with Crippen LogP contribution in [0.1, 0.15) is 21.9 Å². The van der Waals surface area contributed by atoms with Gasteiger partial charge in [-0.05, 0) is 36.4 Å². The molecule has 0 aliphatic heterocycles. The second kappa shape index (κ2) is 9.42. The highest BCUT2D eigenvalue weighted by molar-refractivity contribution is 7.89. The average Bonchev–Trinajstić information content (AvgIpc) is 3.32. The molecule has 2 heterocycles. The van der Waals surface area contributed by atoms with Crippen LogP contribution in [-0.4, -0.2) is 19.5 Å². The maximum Gasteiger partial charge on any atom is 0.337 e. The van der Waals surface area contributed by atoms with Gasteiger partial charge in [-0.25, -0.2) is 18.4 Å². The Morgan fingerprint density at radius 1 is 1.14 bits per heavy atom. The summed E-state index contributed by atoms with van der Waals surface area (Å²) < 4.78 is 32.7. The smallest absolute Gasteiger partial charge is 0.337 e. The molecule has 0 bridgehead atoms. The van der Waals surface area contributed by atoms with Gasteiger partial charge in [0, 0.05) is 0 Å². The first-order chi connectivity index (χ1) is 13.2. The van der Waals surface area contributed by atoms with Crippen molar-refractivity contribution in [3.05, 3.63) is 71.0 Å². The monoisotopic (exact) mass is 427 g/mol. The number of sulfonamides is 1. The van der Waals surface area contributed by atoms with Crippen molar-refractivity contribution in [3.8, 4) is 0 Å². The molecule has 0 atom stereocenters. The highest BCUT2D eigenvalue weighted by atomic mass is 35.5. The van der Waals surface area contributed by atoms with Crippen molar-refractivity contribution < 1.29 is 27.2 Å². The molecule has 3 aromatic rings. The fourth-order valence-electron chi connectivity index (χ4n) is 2.12. The fourth-order valence-corrected chi connectivity index (χ4v) is 3.22. The molecule has 11 heteroatoms. The molecular formula is C17H18ClN3O6S. The van der Waals surface area contributed by atoms with Crippen molar-refractivity contribution in [2.75, 3.05) is 5.32 Å². The molecule has 0 aliphatic rings. The number of nitrogens with one attached hydrogen (secondary N) is 1. The van der Waals surface area contributed by atoms with Crippen molar-refractivity contribution in [1.29, 1.82) is 0 Å². The molecule has 6 N–H and O–H groups in total. The molecule has 9 nitrogen and oxygen atoms in total. The second-order valence-corrected chi connectivity index (χ2v) is 7.33. The van der Waals surface area contributed by atoms with Crippen molar-refractivity contribution in [2.24, 2.45) is 10.9 Å². The molecule has 0 fully saturated rings. The Kier molecular flexibility index (Phi) is 7.24. The molecule has 2 aromatic heterocycles. The summed E-state index contributed by atoms with van der Waals surface area (Å²) in [4.78, 5) is 10.8. The van der Waals surface area contributed by atoms with E-state index < -0.39 is 20.9 Å². The zero-order valence-corrected chi connectivity index (χ0v) is 16.0. The van der Waals surface area contributed by atoms with Crippen molar-refractivity contribution >= 4 is 33.3 Å². The van der Waals surface area contributed by atoms with Crippen molar-refractivity contribution in [3.63, 3.8) is 0 Å². The molecular weight excluding hydrogens is 410 g/mol. The molecule has 150 valence electrons. The lowest BCUT2D eigenvalue weighted by Gasteiger charge is -2.11. The molecule has 28 heavy (non-hydrogen) atoms. The first-order valence-electron chi connectivity index (χ1n) is 7.80. The number of halogens is 1. The Balaban J connectivity index is 0.000000336. The fraction of sp³-hybridized carbons (Fsp3) is 0.118. The van der Waals surface area contributed by atoms with E-state index in [9.17, 15) is 13.2 Å². The Hall–Kier alpha value is -2.79. The van der Waals surface area contributed by atoms with Gasteiger partial charge in [0.2, 0.25) is 10.0 Å². The van der Waals surface area contributed by atoms with Crippen LogP contribution in [0.15, 0.2) is 62.7 Å². The van der Waals surface area contributed by atoms with E-state index in [0.717, 1.165) is 11.8 Å². The molecule has 0 aliphatic carbocycles. The number of primary sulfonamides is 1. The zero-order valence-electron chi connectivity index (χ0n) is 14.5. The molecule has 3 rings (SSSR count). The van der Waals surface area contributed by atoms with Crippen LogP contribution < -0.4 is 16.2 Å². The standard InChI is InChI=1S/C12H11ClN2O5S.C5H7NO/c13-9-5-10(15-6-7-2-1-3-20-7)8(12(16)17)4-11(9)21(14,18)19;6-4-5-2-1-3-7-5/h1-5,15H,6H2,(H,16,17)(H2,14,18,19);1-3H,4,6H2. The predicted molar refractivity (Wildman–Crippen MR) is 102 cm³/mol. The van der Waals surface area contributed by atoms with Gasteiger partial charge in [-0.1, -0.05) is 11.6 Å². The lowest BCUT2D eigenvalue weighted by Crippen LogP contribution is -2.15. The molecule has 0 saturated heterocycles. The van der Waals surface area contributed by atoms with Gasteiger partial charge in [-0.15, -0.1) is 0 Å². The summed E-state index contributed by atoms with van der Waals surface area (Å²) in [5.74, 6) is 0.108. The summed E-state index contributed by atoms with van der Waals surface area (Å²) in [6.07, 6.45) is 3.09. The van der Waals surface area contributed by atoms with E-state index in [-0.39, 0.29) is 22.8 Å². The summed E-state index contributed by atoms with van der Waals surface area (Å²) >= 11 is 5.84. The lowest BCUT2D eigenvalue weighted by molar-refractivity contribution is 0.0697. The lowest BCUT2D eigenvalue weighted by atomic mass is 10.1. The number of nitrogens with two attached hydrogens (primary N) is 2. The number of benzene rings is 1. The van der Waals surface area contributed by atoms with Gasteiger partial charge in [0.25, 0.3) is 0 Å². The minimum Gasteiger partial charge on any atom is -0.478 e. The van der Waals surface area contributed by atoms with Crippen LogP contribution in [-0.2, 0) is 23.1 Å². The number of furan rings is 2. The summed E-state index contributed by atoms with van der Waals surface area (Å²) in [6, 6.07) is 9.18. The predicted octanol–water partition coefficient (Wildman–Crippen LogP) is 2.63. The van der Waals surface area contributed by atoms with Crippen molar-refractivity contribution in [2.45, 2.75) is 18.0 Å². The molecule has 1 aromatic carbocycles. The first kappa shape index (κ1) is 21.5. The van der Waals surface area contributed by atoms with Gasteiger partial charge in [0.05, 0.1) is 41.9 Å². The number of anilines is 1. The van der Waals surface area contributed by atoms with Gasteiger partial charge >= 0.3 is 5.97 Å². The van der Waals surface area contributed by atoms with Gasteiger partial charge in [0.15, 0.2) is 0 Å². The number of hydrogen-bond acceptors (Lipinski definition) is 7. The first-order valence-corrected chi connectivity index (χ1v) is 9.73. The van der Waals surface area contributed by atoms with E-state index in [0.29, 0.717) is 12.3 Å². The minimum absolute atomic E-state index is 0.163. The van der Waals surface area contributed by atoms with Crippen LogP contribution in [0, 0.1) is 0 Å². The Morgan fingerprint density at radius 2 is 1.75 bits per heavy atom. The third-order valence-corrected chi connectivity index (χ3v) is 4.80. The van der Waals surface area contributed by atoms with E-state index in [2.05, 4.69) is 5.32 Å². The number of aromatic carboxylic acids is 1. The van der Waals surface area contributed by atoms with Crippen LogP contribution in [0.5, 0.6) is 0 Å². The van der Waals surface area contributed by atoms with Crippen LogP contribution in [0.2, 0.25) is 5.02 Å². The van der Waals surface area contributed by atoms with E-state index >= 15 is 0 Å². The number of carboxylic acids is 1. The Bertz CT molecular complexity index is 1020. The van der Waals surface area contributed by atoms with Gasteiger partial charge < -0.3 is 25.0 Å². The molecule has 0 saturated carbocycles. The van der Waals surface area contributed by atoms with E-state index in [1.54, 1.807) is 18.4 Å². The normalized spacial score (nSPS) is 10.8. The number of carbonyl (C=O) groups is 1. The molecule has 0 spiro atoms. The number of rotatable bonds is 6. The average molecular weight is 428 g/mol. The summed E-state index contributed by atoms with van der Waals surface area (Å²) in [6.45, 7) is 0.714. The third-order valence-electron chi connectivity index (χ3n) is 3.42. The van der Waals surface area contributed by atoms with Crippen molar-refractivity contribution in [1.82, 2.24) is 0 Å². The van der Waals surface area contributed by atoms with Gasteiger partial charge in [0.1, 0.15) is 16.4 Å². The molecule has 0 radical (unpaired) electrons. The van der Waals surface area contributed by atoms with Gasteiger partial charge in [-0.3, -0.25) is 0 Å². The third kappa shape index (κ3) is 5.86. The molecule has 0 unspecified atom stereocenters. The van der Waals surface area contributed by atoms with Crippen LogP contribution in [0.25, 0.3) is 0 Å². The highest BCUT2D eigenvalue weighted by Gasteiger charge is 2.20. The zero-order chi connectivity index (χ0) is 20.7. The van der Waals surface area contributed by atoms with Crippen LogP contribution in [0.4, 0.5) is 5.69 Å². The van der Waals surface area contributed by atoms with Crippen LogP contribution >= 0.6 is 11.6 Å². The topological polar surface area (TPSA) is 162 Å². The maximum atomic E-state index is 11.3. The Labute approximate surface area is 165 Å². The number of carboxylic acid groups (broad SMARTS) is 1. The second-order valence-electron chi connectivity index (χ2n) is 5.39. The summed E-state index contributed by atoms with van der Waals surface area (Å²) in [5, 5.41) is 16.8. The SMILES string of the molecule is NCc1ccco1.NS(=O)(=O)c1cc(C(=O)O)c(NCc2ccco2)cc1Cl. The number of hydrogen-bond donors (Lipinski definition) is 4. The minimum atomic E-state index is -4.11. The quantitative estimate of drug-likeness (QED) is 0.466. The summed E-state index contributed by atoms with van der Waals surface area (Å²) in [5.41, 5.74) is 5.11. The van der Waals surface area contributed by atoms with E-state index in [1.165, 1.54) is 12.3 Å². The Morgan fingerprint density at radius 3 is 2.18 bits per heavy atom.